The van der Waals surface area contributed by atoms with Gasteiger partial charge in [-0.15, -0.1) is 0 Å². The van der Waals surface area contributed by atoms with Gasteiger partial charge in [0.2, 0.25) is 5.82 Å². The smallest absolute Gasteiger partial charge is 0.348 e. The maximum Gasteiger partial charge on any atom is 0.348 e. The molecule has 2 unspecified atom stereocenters. The number of rotatable bonds is 3. The van der Waals surface area contributed by atoms with Crippen LogP contribution in [0.4, 0.5) is 16.1 Å². The predicted molar refractivity (Wildman–Crippen MR) is 97.1 cm³/mol. The number of aliphatic imine (C=N–C) groups is 1. The standard InChI is InChI=1S/C18H15FN8O2/c1-28-18(6-7-18)15-22-17(29-23-15)25-10-21-14-11-4-2-3-5-12(11)26-13(27(14)25)8-24(9-20)16(26)19/h2-5,8,10,14,16H,6-7H2,1H3. The molecule has 1 fully saturated rings. The fourth-order valence-corrected chi connectivity index (χ4v) is 3.97. The molecule has 3 aliphatic heterocycles. The zero-order chi connectivity index (χ0) is 19.8. The Bertz CT molecular complexity index is 1100. The van der Waals surface area contributed by atoms with Crippen molar-refractivity contribution in [3.05, 3.63) is 47.7 Å². The van der Waals surface area contributed by atoms with Crippen LogP contribution in [0.25, 0.3) is 0 Å². The summed E-state index contributed by atoms with van der Waals surface area (Å²) in [5.41, 5.74) is 0.972. The topological polar surface area (TPSA) is 97.3 Å². The summed E-state index contributed by atoms with van der Waals surface area (Å²) in [5.74, 6) is 0.927. The van der Waals surface area contributed by atoms with Crippen molar-refractivity contribution in [3.63, 3.8) is 0 Å². The van der Waals surface area contributed by atoms with Gasteiger partial charge in [-0.05, 0) is 18.9 Å². The summed E-state index contributed by atoms with van der Waals surface area (Å²) in [6.45, 7) is 0. The average Bonchev–Trinajstić information content (AvgIpc) is 3.08. The fourth-order valence-electron chi connectivity index (χ4n) is 3.97. The quantitative estimate of drug-likeness (QED) is 0.573. The van der Waals surface area contributed by atoms with Crippen LogP contribution in [0.15, 0.2) is 45.8 Å². The minimum absolute atomic E-state index is 0.195. The molecular weight excluding hydrogens is 379 g/mol. The number of methoxy groups -OCH3 is 1. The van der Waals surface area contributed by atoms with Gasteiger partial charge < -0.3 is 9.26 Å². The number of benzene rings is 1. The van der Waals surface area contributed by atoms with Crippen molar-refractivity contribution in [1.82, 2.24) is 20.0 Å². The number of para-hydroxylation sites is 1. The van der Waals surface area contributed by atoms with E-state index in [1.165, 1.54) is 11.1 Å². The maximum atomic E-state index is 15.0. The molecule has 2 aromatic rings. The van der Waals surface area contributed by atoms with Crippen LogP contribution in [-0.4, -0.2) is 39.9 Å². The number of anilines is 2. The number of hydrogen-bond donors (Lipinski definition) is 0. The molecule has 1 aliphatic carbocycles. The van der Waals surface area contributed by atoms with E-state index in [1.54, 1.807) is 23.5 Å². The third kappa shape index (κ3) is 2.03. The van der Waals surface area contributed by atoms with Gasteiger partial charge in [0.25, 0.3) is 6.42 Å². The molecule has 2 atom stereocenters. The number of aromatic nitrogens is 2. The summed E-state index contributed by atoms with van der Waals surface area (Å²) in [6, 6.07) is 7.59. The van der Waals surface area contributed by atoms with E-state index in [4.69, 9.17) is 9.26 Å². The van der Waals surface area contributed by atoms with Crippen molar-refractivity contribution >= 4 is 18.0 Å². The van der Waals surface area contributed by atoms with Gasteiger partial charge in [-0.25, -0.2) is 14.9 Å². The lowest BCUT2D eigenvalue weighted by atomic mass is 10.1. The Labute approximate surface area is 164 Å². The summed E-state index contributed by atoms with van der Waals surface area (Å²) >= 11 is 0. The highest BCUT2D eigenvalue weighted by atomic mass is 19.1. The van der Waals surface area contributed by atoms with Crippen LogP contribution in [0, 0.1) is 11.5 Å². The summed E-state index contributed by atoms with van der Waals surface area (Å²) in [5, 5.41) is 16.7. The van der Waals surface area contributed by atoms with Crippen molar-refractivity contribution < 1.29 is 13.7 Å². The van der Waals surface area contributed by atoms with Gasteiger partial charge in [-0.2, -0.15) is 19.6 Å². The van der Waals surface area contributed by atoms with Crippen LogP contribution in [0.1, 0.15) is 30.4 Å². The Morgan fingerprint density at radius 1 is 1.34 bits per heavy atom. The van der Waals surface area contributed by atoms with Gasteiger partial charge >= 0.3 is 6.01 Å². The lowest BCUT2D eigenvalue weighted by molar-refractivity contribution is 0.0689. The van der Waals surface area contributed by atoms with Gasteiger partial charge in [0, 0.05) is 12.7 Å². The summed E-state index contributed by atoms with van der Waals surface area (Å²) < 4.78 is 26.0. The molecular formula is C18H15FN8O2. The van der Waals surface area contributed by atoms with Crippen LogP contribution in [0.2, 0.25) is 0 Å². The van der Waals surface area contributed by atoms with E-state index < -0.39 is 18.2 Å². The molecule has 6 rings (SSSR count). The molecule has 10 nitrogen and oxygen atoms in total. The lowest BCUT2D eigenvalue weighted by Gasteiger charge is -2.41. The van der Waals surface area contributed by atoms with Gasteiger partial charge in [-0.3, -0.25) is 4.90 Å². The second kappa shape index (κ2) is 5.45. The van der Waals surface area contributed by atoms with E-state index in [2.05, 4.69) is 15.1 Å². The first-order chi connectivity index (χ1) is 14.2. The van der Waals surface area contributed by atoms with Crippen LogP contribution in [0.5, 0.6) is 0 Å². The zero-order valence-electron chi connectivity index (χ0n) is 15.3. The first-order valence-electron chi connectivity index (χ1n) is 9.10. The summed E-state index contributed by atoms with van der Waals surface area (Å²) in [6.07, 6.45) is 4.45. The third-order valence-corrected chi connectivity index (χ3v) is 5.66. The maximum absolute atomic E-state index is 15.0. The van der Waals surface area contributed by atoms with Crippen LogP contribution < -0.4 is 9.91 Å². The molecule has 0 saturated heterocycles. The largest absolute Gasteiger partial charge is 0.370 e. The first kappa shape index (κ1) is 16.3. The van der Waals surface area contributed by atoms with Gasteiger partial charge in [0.15, 0.2) is 18.2 Å². The molecule has 0 radical (unpaired) electrons. The van der Waals surface area contributed by atoms with Crippen molar-refractivity contribution in [2.75, 3.05) is 17.0 Å². The Balaban J connectivity index is 1.44. The molecule has 0 bridgehead atoms. The molecule has 4 heterocycles. The van der Waals surface area contributed by atoms with Crippen molar-refractivity contribution in [3.8, 4) is 6.19 Å². The van der Waals surface area contributed by atoms with Crippen molar-refractivity contribution in [1.29, 1.82) is 5.26 Å². The van der Waals surface area contributed by atoms with Crippen LogP contribution >= 0.6 is 0 Å². The normalized spacial score (nSPS) is 25.5. The lowest BCUT2D eigenvalue weighted by Crippen LogP contribution is -2.48. The molecule has 146 valence electrons. The molecule has 0 N–H and O–H groups in total. The Kier molecular flexibility index (Phi) is 3.07. The molecule has 1 saturated carbocycles. The number of hydrogen-bond acceptors (Lipinski definition) is 10. The molecule has 0 spiro atoms. The number of fused-ring (bicyclic) bond motifs is 6. The van der Waals surface area contributed by atoms with Gasteiger partial charge in [-0.1, -0.05) is 23.4 Å². The molecule has 11 heteroatoms. The highest BCUT2D eigenvalue weighted by Gasteiger charge is 2.51. The van der Waals surface area contributed by atoms with Gasteiger partial charge in [0.1, 0.15) is 11.9 Å². The number of hydrazine groups is 1. The molecule has 0 amide bonds. The van der Waals surface area contributed by atoms with E-state index in [0.29, 0.717) is 17.3 Å². The van der Waals surface area contributed by atoms with Crippen molar-refractivity contribution in [2.45, 2.75) is 31.0 Å². The SMILES string of the molecule is COC1(c2noc(N3C=NC4c5ccccc5N5C(=CN(C#N)C5F)N43)n2)CC1. The monoisotopic (exact) mass is 394 g/mol. The minimum Gasteiger partial charge on any atom is -0.370 e. The number of ether oxygens (including phenoxy) is 1. The average molecular weight is 394 g/mol. The second-order valence-corrected chi connectivity index (χ2v) is 7.16. The van der Waals surface area contributed by atoms with Crippen LogP contribution in [-0.2, 0) is 10.3 Å². The highest BCUT2D eigenvalue weighted by Crippen LogP contribution is 2.50. The third-order valence-electron chi connectivity index (χ3n) is 5.66. The molecule has 1 aromatic carbocycles. The molecule has 4 aliphatic rings. The van der Waals surface area contributed by atoms with E-state index in [9.17, 15) is 5.26 Å². The number of halogens is 1. The Morgan fingerprint density at radius 3 is 2.93 bits per heavy atom. The number of nitriles is 1. The van der Waals surface area contributed by atoms with E-state index in [-0.39, 0.29) is 6.01 Å². The van der Waals surface area contributed by atoms with E-state index in [1.807, 2.05) is 30.5 Å². The van der Waals surface area contributed by atoms with Gasteiger partial charge in [0.05, 0.1) is 11.9 Å². The number of nitrogens with zero attached hydrogens (tertiary/aromatic N) is 8. The highest BCUT2D eigenvalue weighted by molar-refractivity contribution is 5.79. The van der Waals surface area contributed by atoms with Crippen molar-refractivity contribution in [2.24, 2.45) is 4.99 Å². The first-order valence-corrected chi connectivity index (χ1v) is 9.10. The number of alkyl halides is 1. The second-order valence-electron chi connectivity index (χ2n) is 7.16. The Hall–Kier alpha value is -3.65. The predicted octanol–water partition coefficient (Wildman–Crippen LogP) is 2.14. The summed E-state index contributed by atoms with van der Waals surface area (Å²) in [4.78, 5) is 11.5. The molecule has 1 aromatic heterocycles. The zero-order valence-corrected chi connectivity index (χ0v) is 15.3. The Morgan fingerprint density at radius 2 is 2.17 bits per heavy atom. The fraction of sp³-hybridized carbons (Fsp3) is 0.333. The van der Waals surface area contributed by atoms with E-state index in [0.717, 1.165) is 23.3 Å². The van der Waals surface area contributed by atoms with E-state index >= 15 is 4.39 Å². The summed E-state index contributed by atoms with van der Waals surface area (Å²) in [7, 11) is 1.62. The van der Waals surface area contributed by atoms with Crippen LogP contribution in [0.3, 0.4) is 0 Å². The minimum atomic E-state index is -1.65. The molecule has 29 heavy (non-hydrogen) atoms.